The van der Waals surface area contributed by atoms with Gasteiger partial charge in [0, 0.05) is 0 Å². The molecule has 3 aromatic rings. The van der Waals surface area contributed by atoms with Crippen LogP contribution in [0.2, 0.25) is 0 Å². The van der Waals surface area contributed by atoms with Gasteiger partial charge in [0.25, 0.3) is 0 Å². The molecule has 9 nitrogen and oxygen atoms in total. The van der Waals surface area contributed by atoms with Gasteiger partial charge in [0.05, 0.1) is 37.6 Å². The highest BCUT2D eigenvalue weighted by Gasteiger charge is 2.36. The lowest BCUT2D eigenvalue weighted by Crippen LogP contribution is -2.42. The number of nitrogens with zero attached hydrogens (tertiary/aromatic N) is 4. The van der Waals surface area contributed by atoms with Crippen LogP contribution in [-0.4, -0.2) is 41.5 Å². The molecule has 2 heterocycles. The molecule has 0 aliphatic carbocycles. The summed E-state index contributed by atoms with van der Waals surface area (Å²) in [6, 6.07) is 14.0. The van der Waals surface area contributed by atoms with Crippen molar-refractivity contribution in [2.24, 2.45) is 0 Å². The average Bonchev–Trinajstić information content (AvgIpc) is 3.19. The van der Waals surface area contributed by atoms with Crippen LogP contribution in [0.1, 0.15) is 34.9 Å². The number of amides is 1. The van der Waals surface area contributed by atoms with Crippen LogP contribution in [-0.2, 0) is 9.53 Å². The summed E-state index contributed by atoms with van der Waals surface area (Å²) >= 11 is 0. The molecule has 2 atom stereocenters. The minimum atomic E-state index is -0.590. The van der Waals surface area contributed by atoms with Gasteiger partial charge in [-0.25, -0.2) is 9.67 Å². The third-order valence-corrected chi connectivity index (χ3v) is 5.01. The van der Waals surface area contributed by atoms with Crippen molar-refractivity contribution in [3.8, 4) is 23.3 Å². The summed E-state index contributed by atoms with van der Waals surface area (Å²) < 4.78 is 18.3. The average molecular weight is 419 g/mol. The lowest BCUT2D eigenvalue weighted by Gasteiger charge is -2.32. The Morgan fingerprint density at radius 3 is 2.58 bits per heavy atom. The Morgan fingerprint density at radius 2 is 1.90 bits per heavy atom. The van der Waals surface area contributed by atoms with E-state index >= 15 is 0 Å². The first-order valence-electron chi connectivity index (χ1n) is 9.61. The van der Waals surface area contributed by atoms with E-state index in [-0.39, 0.29) is 12.5 Å². The van der Waals surface area contributed by atoms with Gasteiger partial charge in [0.1, 0.15) is 18.5 Å². The maximum Gasteiger partial charge on any atom is 0.246 e. The van der Waals surface area contributed by atoms with Crippen molar-refractivity contribution in [3.05, 3.63) is 65.2 Å². The lowest BCUT2D eigenvalue weighted by molar-refractivity contribution is -0.138. The topological polar surface area (TPSA) is 111 Å². The number of aromatic nitrogens is 3. The van der Waals surface area contributed by atoms with Crippen LogP contribution in [0.3, 0.4) is 0 Å². The van der Waals surface area contributed by atoms with E-state index in [1.54, 1.807) is 62.2 Å². The van der Waals surface area contributed by atoms with E-state index < -0.39 is 12.1 Å². The molecule has 1 aromatic heterocycles. The van der Waals surface area contributed by atoms with Gasteiger partial charge in [-0.15, -0.1) is 0 Å². The van der Waals surface area contributed by atoms with Gasteiger partial charge in [-0.2, -0.15) is 10.4 Å². The number of ether oxygens (including phenoxy) is 3. The second-order valence-electron chi connectivity index (χ2n) is 6.98. The van der Waals surface area contributed by atoms with Crippen LogP contribution >= 0.6 is 0 Å². The zero-order valence-corrected chi connectivity index (χ0v) is 17.3. The van der Waals surface area contributed by atoms with Gasteiger partial charge < -0.3 is 19.5 Å². The standard InChI is InChI=1S/C22H21N5O4/c1-13-24-22(27(26-13)16-7-4-14(11-23)5-8-16)21-20(25-19(28)12-31-21)15-6-9-17(29-2)18(10-15)30-3/h4-10,20-21H,12H2,1-3H3,(H,25,28)/t20-,21+/m1/s1. The number of carbonyl (C=O) groups excluding carboxylic acids is 1. The van der Waals surface area contributed by atoms with Crippen molar-refractivity contribution in [2.45, 2.75) is 19.1 Å². The highest BCUT2D eigenvalue weighted by atomic mass is 16.5. The molecule has 0 saturated carbocycles. The van der Waals surface area contributed by atoms with Crippen molar-refractivity contribution < 1.29 is 19.0 Å². The fraction of sp³-hybridized carbons (Fsp3) is 0.273. The highest BCUT2D eigenvalue weighted by Crippen LogP contribution is 2.38. The number of nitriles is 1. The Morgan fingerprint density at radius 1 is 1.16 bits per heavy atom. The monoisotopic (exact) mass is 419 g/mol. The number of methoxy groups -OCH3 is 2. The van der Waals surface area contributed by atoms with Crippen LogP contribution in [0.25, 0.3) is 5.69 Å². The van der Waals surface area contributed by atoms with Gasteiger partial charge in [0.2, 0.25) is 5.91 Å². The molecule has 1 aliphatic heterocycles. The Balaban J connectivity index is 1.77. The fourth-order valence-electron chi connectivity index (χ4n) is 3.56. The molecule has 0 spiro atoms. The first-order chi connectivity index (χ1) is 15.0. The molecular formula is C22H21N5O4. The maximum absolute atomic E-state index is 12.2. The van der Waals surface area contributed by atoms with Gasteiger partial charge in [-0.1, -0.05) is 6.07 Å². The summed E-state index contributed by atoms with van der Waals surface area (Å²) in [5.41, 5.74) is 2.07. The number of benzene rings is 2. The number of nitrogens with one attached hydrogen (secondary N) is 1. The first-order valence-corrected chi connectivity index (χ1v) is 9.61. The van der Waals surface area contributed by atoms with E-state index in [9.17, 15) is 4.79 Å². The van der Waals surface area contributed by atoms with Crippen LogP contribution in [0.15, 0.2) is 42.5 Å². The predicted molar refractivity (Wildman–Crippen MR) is 110 cm³/mol. The lowest BCUT2D eigenvalue weighted by atomic mass is 9.98. The zero-order valence-electron chi connectivity index (χ0n) is 17.3. The van der Waals surface area contributed by atoms with Gasteiger partial charge in [0.15, 0.2) is 17.3 Å². The number of morpholine rings is 1. The highest BCUT2D eigenvalue weighted by molar-refractivity contribution is 5.78. The molecular weight excluding hydrogens is 398 g/mol. The molecule has 0 radical (unpaired) electrons. The third kappa shape index (κ3) is 3.93. The van der Waals surface area contributed by atoms with Crippen molar-refractivity contribution in [1.82, 2.24) is 20.1 Å². The maximum atomic E-state index is 12.2. The van der Waals surface area contributed by atoms with E-state index in [4.69, 9.17) is 19.5 Å². The Hall–Kier alpha value is -3.90. The fourth-order valence-corrected chi connectivity index (χ4v) is 3.56. The molecule has 1 amide bonds. The molecule has 1 fully saturated rings. The molecule has 0 unspecified atom stereocenters. The van der Waals surface area contributed by atoms with Gasteiger partial charge in [-0.3, -0.25) is 4.79 Å². The van der Waals surface area contributed by atoms with Crippen LogP contribution < -0.4 is 14.8 Å². The molecule has 158 valence electrons. The van der Waals surface area contributed by atoms with Crippen LogP contribution in [0, 0.1) is 18.3 Å². The smallest absolute Gasteiger partial charge is 0.246 e. The van der Waals surface area contributed by atoms with Crippen molar-refractivity contribution in [3.63, 3.8) is 0 Å². The van der Waals surface area contributed by atoms with Crippen molar-refractivity contribution in [2.75, 3.05) is 20.8 Å². The summed E-state index contributed by atoms with van der Waals surface area (Å²) in [5.74, 6) is 2.01. The first kappa shape index (κ1) is 20.4. The SMILES string of the molecule is COc1ccc([C@H]2NC(=O)CO[C@@H]2c2nc(C)nn2-c2ccc(C#N)cc2)cc1OC. The van der Waals surface area contributed by atoms with E-state index in [0.717, 1.165) is 11.3 Å². The Kier molecular flexibility index (Phi) is 5.56. The normalized spacial score (nSPS) is 18.2. The molecule has 4 rings (SSSR count). The van der Waals surface area contributed by atoms with Gasteiger partial charge in [-0.05, 0) is 48.9 Å². The largest absolute Gasteiger partial charge is 0.493 e. The van der Waals surface area contributed by atoms with E-state index in [1.165, 1.54) is 0 Å². The zero-order chi connectivity index (χ0) is 22.0. The summed E-state index contributed by atoms with van der Waals surface area (Å²) in [5, 5.41) is 16.6. The summed E-state index contributed by atoms with van der Waals surface area (Å²) in [6.07, 6.45) is -0.590. The third-order valence-electron chi connectivity index (χ3n) is 5.01. The molecule has 1 N–H and O–H groups in total. The number of hydrogen-bond donors (Lipinski definition) is 1. The van der Waals surface area contributed by atoms with Crippen LogP contribution in [0.5, 0.6) is 11.5 Å². The summed E-state index contributed by atoms with van der Waals surface area (Å²) in [4.78, 5) is 16.8. The predicted octanol–water partition coefficient (Wildman–Crippen LogP) is 2.39. The van der Waals surface area contributed by atoms with Crippen molar-refractivity contribution in [1.29, 1.82) is 5.26 Å². The number of aryl methyl sites for hydroxylation is 1. The van der Waals surface area contributed by atoms with Crippen molar-refractivity contribution >= 4 is 5.91 Å². The van der Waals surface area contributed by atoms with Gasteiger partial charge >= 0.3 is 0 Å². The number of rotatable bonds is 5. The van der Waals surface area contributed by atoms with Crippen LogP contribution in [0.4, 0.5) is 0 Å². The molecule has 31 heavy (non-hydrogen) atoms. The molecule has 1 aliphatic rings. The van der Waals surface area contributed by atoms with E-state index in [1.807, 2.05) is 6.07 Å². The second-order valence-corrected chi connectivity index (χ2v) is 6.98. The second kappa shape index (κ2) is 8.45. The Bertz CT molecular complexity index is 1150. The van der Waals surface area contributed by atoms with E-state index in [0.29, 0.717) is 28.7 Å². The summed E-state index contributed by atoms with van der Waals surface area (Å²) in [7, 11) is 3.12. The molecule has 9 heteroatoms. The summed E-state index contributed by atoms with van der Waals surface area (Å²) in [6.45, 7) is 1.70. The van der Waals surface area contributed by atoms with E-state index in [2.05, 4.69) is 21.5 Å². The number of hydrogen-bond acceptors (Lipinski definition) is 7. The number of carbonyl (C=O) groups is 1. The molecule has 1 saturated heterocycles. The molecule has 2 aromatic carbocycles. The Labute approximate surface area is 179 Å². The minimum Gasteiger partial charge on any atom is -0.493 e. The minimum absolute atomic E-state index is 0.0895. The molecule has 0 bridgehead atoms. The quantitative estimate of drug-likeness (QED) is 0.676.